The zero-order valence-electron chi connectivity index (χ0n) is 8.72. The molecule has 2 unspecified atom stereocenters. The van der Waals surface area contributed by atoms with Gasteiger partial charge in [0.15, 0.2) is 0 Å². The van der Waals surface area contributed by atoms with E-state index in [-0.39, 0.29) is 0 Å². The number of hydrogen-bond acceptors (Lipinski definition) is 3. The Kier molecular flexibility index (Phi) is 2.73. The van der Waals surface area contributed by atoms with Crippen molar-refractivity contribution in [2.24, 2.45) is 11.7 Å². The van der Waals surface area contributed by atoms with Gasteiger partial charge in [-0.05, 0) is 6.42 Å². The molecule has 0 aromatic carbocycles. The van der Waals surface area contributed by atoms with Gasteiger partial charge < -0.3 is 10.5 Å². The Morgan fingerprint density at radius 3 is 3.13 bits per heavy atom. The number of rotatable bonds is 2. The normalized spacial score (nSPS) is 26.5. The molecule has 1 amide bonds. The molecule has 1 fully saturated rings. The molecule has 0 aliphatic carbocycles. The highest BCUT2D eigenvalue weighted by Gasteiger charge is 2.24. The summed E-state index contributed by atoms with van der Waals surface area (Å²) in [5, 5.41) is 4.17. The van der Waals surface area contributed by atoms with Crippen LogP contribution in [-0.4, -0.2) is 28.9 Å². The van der Waals surface area contributed by atoms with Crippen molar-refractivity contribution >= 4 is 5.91 Å². The maximum absolute atomic E-state index is 10.9. The van der Waals surface area contributed by atoms with E-state index in [2.05, 4.69) is 12.0 Å². The van der Waals surface area contributed by atoms with Crippen molar-refractivity contribution in [1.82, 2.24) is 9.78 Å². The third-order valence-electron chi connectivity index (χ3n) is 2.82. The molecule has 5 heteroatoms. The van der Waals surface area contributed by atoms with Crippen LogP contribution in [0, 0.1) is 5.92 Å². The summed E-state index contributed by atoms with van der Waals surface area (Å²) in [4.78, 5) is 10.9. The van der Waals surface area contributed by atoms with E-state index < -0.39 is 5.91 Å². The highest BCUT2D eigenvalue weighted by molar-refractivity contribution is 5.92. The Balaban J connectivity index is 2.17. The summed E-state index contributed by atoms with van der Waals surface area (Å²) in [6.07, 6.45) is 4.17. The lowest BCUT2D eigenvalue weighted by molar-refractivity contribution is 0.0250. The fourth-order valence-electron chi connectivity index (χ4n) is 1.91. The molecule has 1 aromatic rings. The molecule has 0 saturated carbocycles. The van der Waals surface area contributed by atoms with Crippen molar-refractivity contribution in [3.8, 4) is 0 Å². The number of carbonyl (C=O) groups excluding carboxylic acids is 1. The monoisotopic (exact) mass is 209 g/mol. The molecule has 1 aromatic heterocycles. The number of ether oxygens (including phenoxy) is 1. The van der Waals surface area contributed by atoms with Crippen LogP contribution in [0.3, 0.4) is 0 Å². The van der Waals surface area contributed by atoms with E-state index in [1.807, 2.05) is 4.68 Å². The number of carbonyl (C=O) groups is 1. The summed E-state index contributed by atoms with van der Waals surface area (Å²) in [7, 11) is 0. The average Bonchev–Trinajstić information content (AvgIpc) is 2.67. The minimum Gasteiger partial charge on any atom is -0.381 e. The molecule has 2 atom stereocenters. The Hall–Kier alpha value is -1.36. The van der Waals surface area contributed by atoms with E-state index in [1.165, 1.54) is 6.20 Å². The predicted octanol–water partition coefficient (Wildman–Crippen LogP) is 0.580. The molecule has 2 rings (SSSR count). The van der Waals surface area contributed by atoms with Crippen LogP contribution < -0.4 is 5.73 Å². The smallest absolute Gasteiger partial charge is 0.251 e. The van der Waals surface area contributed by atoms with Crippen molar-refractivity contribution in [3.63, 3.8) is 0 Å². The van der Waals surface area contributed by atoms with Gasteiger partial charge in [0, 0.05) is 18.7 Å². The number of aromatic nitrogens is 2. The fraction of sp³-hybridized carbons (Fsp3) is 0.600. The third-order valence-corrected chi connectivity index (χ3v) is 2.82. The van der Waals surface area contributed by atoms with Crippen molar-refractivity contribution in [2.75, 3.05) is 13.2 Å². The van der Waals surface area contributed by atoms with Gasteiger partial charge >= 0.3 is 0 Å². The van der Waals surface area contributed by atoms with Crippen molar-refractivity contribution in [3.05, 3.63) is 18.0 Å². The fourth-order valence-corrected chi connectivity index (χ4v) is 1.91. The van der Waals surface area contributed by atoms with Gasteiger partial charge in [-0.15, -0.1) is 0 Å². The van der Waals surface area contributed by atoms with Gasteiger partial charge in [-0.1, -0.05) is 6.92 Å². The Bertz CT molecular complexity index is 361. The number of amides is 1. The summed E-state index contributed by atoms with van der Waals surface area (Å²) in [6, 6.07) is 0.312. The van der Waals surface area contributed by atoms with Gasteiger partial charge in [0.2, 0.25) is 0 Å². The van der Waals surface area contributed by atoms with Crippen molar-refractivity contribution in [2.45, 2.75) is 19.4 Å². The van der Waals surface area contributed by atoms with E-state index in [0.29, 0.717) is 17.5 Å². The molecule has 2 heterocycles. The SMILES string of the molecule is CC1COCCC1n1cc(C(N)=O)cn1. The van der Waals surface area contributed by atoms with Crippen LogP contribution in [0.25, 0.3) is 0 Å². The number of primary amides is 1. The Morgan fingerprint density at radius 2 is 2.53 bits per heavy atom. The number of nitrogens with two attached hydrogens (primary N) is 1. The lowest BCUT2D eigenvalue weighted by Gasteiger charge is -2.28. The van der Waals surface area contributed by atoms with Gasteiger partial charge in [0.25, 0.3) is 5.91 Å². The van der Waals surface area contributed by atoms with Crippen LogP contribution in [0.2, 0.25) is 0 Å². The van der Waals surface area contributed by atoms with Crippen molar-refractivity contribution < 1.29 is 9.53 Å². The zero-order valence-corrected chi connectivity index (χ0v) is 8.72. The Morgan fingerprint density at radius 1 is 1.73 bits per heavy atom. The van der Waals surface area contributed by atoms with E-state index in [0.717, 1.165) is 19.6 Å². The minimum atomic E-state index is -0.430. The number of hydrogen-bond donors (Lipinski definition) is 1. The quantitative estimate of drug-likeness (QED) is 0.774. The van der Waals surface area contributed by atoms with Crippen LogP contribution in [-0.2, 0) is 4.74 Å². The summed E-state index contributed by atoms with van der Waals surface area (Å²) in [6.45, 7) is 3.62. The van der Waals surface area contributed by atoms with Crippen LogP contribution in [0.15, 0.2) is 12.4 Å². The molecule has 15 heavy (non-hydrogen) atoms. The second kappa shape index (κ2) is 4.02. The van der Waals surface area contributed by atoms with Gasteiger partial charge in [-0.2, -0.15) is 5.10 Å². The first kappa shape index (κ1) is 10.2. The van der Waals surface area contributed by atoms with Crippen LogP contribution in [0.1, 0.15) is 29.7 Å². The largest absolute Gasteiger partial charge is 0.381 e. The third kappa shape index (κ3) is 2.02. The molecule has 82 valence electrons. The second-order valence-electron chi connectivity index (χ2n) is 3.98. The molecule has 1 aliphatic heterocycles. The summed E-state index contributed by atoms with van der Waals surface area (Å²) in [5.74, 6) is -0.0136. The maximum atomic E-state index is 10.9. The van der Waals surface area contributed by atoms with E-state index in [9.17, 15) is 4.79 Å². The topological polar surface area (TPSA) is 70.1 Å². The standard InChI is InChI=1S/C10H15N3O2/c1-7-6-15-3-2-9(7)13-5-8(4-12-13)10(11)14/h4-5,7,9H,2-3,6H2,1H3,(H2,11,14). The highest BCUT2D eigenvalue weighted by atomic mass is 16.5. The predicted molar refractivity (Wildman–Crippen MR) is 54.4 cm³/mol. The van der Waals surface area contributed by atoms with Crippen LogP contribution in [0.4, 0.5) is 0 Å². The summed E-state index contributed by atoms with van der Waals surface area (Å²) < 4.78 is 7.18. The lowest BCUT2D eigenvalue weighted by atomic mass is 9.98. The maximum Gasteiger partial charge on any atom is 0.251 e. The molecule has 5 nitrogen and oxygen atoms in total. The first-order valence-corrected chi connectivity index (χ1v) is 5.10. The van der Waals surface area contributed by atoms with Crippen LogP contribution >= 0.6 is 0 Å². The first-order valence-electron chi connectivity index (χ1n) is 5.10. The molecule has 1 saturated heterocycles. The van der Waals surface area contributed by atoms with Gasteiger partial charge in [0.05, 0.1) is 24.4 Å². The van der Waals surface area contributed by atoms with E-state index in [4.69, 9.17) is 10.5 Å². The van der Waals surface area contributed by atoms with E-state index >= 15 is 0 Å². The van der Waals surface area contributed by atoms with Gasteiger partial charge in [-0.25, -0.2) is 0 Å². The summed E-state index contributed by atoms with van der Waals surface area (Å²) >= 11 is 0. The molecule has 1 aliphatic rings. The molecule has 0 spiro atoms. The van der Waals surface area contributed by atoms with Gasteiger partial charge in [-0.3, -0.25) is 9.48 Å². The number of nitrogens with zero attached hydrogens (tertiary/aromatic N) is 2. The first-order chi connectivity index (χ1) is 7.18. The molecule has 0 radical (unpaired) electrons. The van der Waals surface area contributed by atoms with E-state index in [1.54, 1.807) is 6.20 Å². The molecular formula is C10H15N3O2. The average molecular weight is 209 g/mol. The highest BCUT2D eigenvalue weighted by Crippen LogP contribution is 2.25. The molecular weight excluding hydrogens is 194 g/mol. The van der Waals surface area contributed by atoms with Crippen molar-refractivity contribution in [1.29, 1.82) is 0 Å². The summed E-state index contributed by atoms with van der Waals surface area (Å²) in [5.41, 5.74) is 5.64. The molecule has 2 N–H and O–H groups in total. The van der Waals surface area contributed by atoms with Crippen LogP contribution in [0.5, 0.6) is 0 Å². The molecule has 0 bridgehead atoms. The zero-order chi connectivity index (χ0) is 10.8. The Labute approximate surface area is 88.2 Å². The van der Waals surface area contributed by atoms with Gasteiger partial charge in [0.1, 0.15) is 0 Å². The lowest BCUT2D eigenvalue weighted by Crippen LogP contribution is -2.28. The second-order valence-corrected chi connectivity index (χ2v) is 3.98. The minimum absolute atomic E-state index is 0.312.